The molecule has 132 valence electrons. The number of ether oxygens (including phenoxy) is 1. The fraction of sp³-hybridized carbons (Fsp3) is 0.588. The van der Waals surface area contributed by atoms with Gasteiger partial charge in [-0.1, -0.05) is 6.07 Å². The third kappa shape index (κ3) is 3.62. The molecule has 0 radical (unpaired) electrons. The number of carbonyl (C=O) groups is 1. The van der Waals surface area contributed by atoms with E-state index < -0.39 is 41.7 Å². The van der Waals surface area contributed by atoms with Crippen LogP contribution in [-0.2, 0) is 18.8 Å². The van der Waals surface area contributed by atoms with Crippen molar-refractivity contribution in [2.24, 2.45) is 0 Å². The maximum Gasteiger partial charge on any atom is 0.466 e. The largest absolute Gasteiger partial charge is 0.466 e. The van der Waals surface area contributed by atoms with Crippen molar-refractivity contribution in [3.05, 3.63) is 35.4 Å². The molecular weight excluding hydrogens is 317 g/mol. The van der Waals surface area contributed by atoms with E-state index in [0.29, 0.717) is 0 Å². The highest BCUT2D eigenvalue weighted by molar-refractivity contribution is 6.48. The van der Waals surface area contributed by atoms with Crippen LogP contribution in [0.5, 0.6) is 0 Å². The highest BCUT2D eigenvalue weighted by Gasteiger charge is 2.55. The van der Waals surface area contributed by atoms with Crippen LogP contribution >= 0.6 is 0 Å². The van der Waals surface area contributed by atoms with E-state index in [-0.39, 0.29) is 18.6 Å². The summed E-state index contributed by atoms with van der Waals surface area (Å²) in [4.78, 5) is 12.0. The Morgan fingerprint density at radius 1 is 1.17 bits per heavy atom. The minimum absolute atomic E-state index is 0.189. The van der Waals surface area contributed by atoms with E-state index in [1.165, 1.54) is 6.07 Å². The van der Waals surface area contributed by atoms with E-state index in [4.69, 9.17) is 14.0 Å². The molecule has 4 nitrogen and oxygen atoms in total. The first-order chi connectivity index (χ1) is 11.1. The summed E-state index contributed by atoms with van der Waals surface area (Å²) in [6.07, 6.45) is -0.234. The molecule has 1 aromatic carbocycles. The van der Waals surface area contributed by atoms with Gasteiger partial charge in [-0.15, -0.1) is 0 Å². The molecule has 24 heavy (non-hydrogen) atoms. The second kappa shape index (κ2) is 6.80. The van der Waals surface area contributed by atoms with Gasteiger partial charge in [0.1, 0.15) is 11.6 Å². The van der Waals surface area contributed by atoms with Gasteiger partial charge in [-0.05, 0) is 46.8 Å². The molecule has 0 saturated carbocycles. The summed E-state index contributed by atoms with van der Waals surface area (Å²) in [5.74, 6) is -2.97. The highest BCUT2D eigenvalue weighted by Crippen LogP contribution is 2.42. The minimum Gasteiger partial charge on any atom is -0.466 e. The van der Waals surface area contributed by atoms with Crippen LogP contribution in [0.3, 0.4) is 0 Å². The van der Waals surface area contributed by atoms with Gasteiger partial charge in [-0.2, -0.15) is 0 Å². The van der Waals surface area contributed by atoms with Gasteiger partial charge >= 0.3 is 13.1 Å². The normalized spacial score (nSPS) is 20.0. The summed E-state index contributed by atoms with van der Waals surface area (Å²) >= 11 is 0. The molecule has 0 spiro atoms. The summed E-state index contributed by atoms with van der Waals surface area (Å²) in [5, 5.41) is 0. The third-order valence-electron chi connectivity index (χ3n) is 4.66. The average Bonchev–Trinajstić information content (AvgIpc) is 2.66. The number of carbonyl (C=O) groups excluding carboxylic acids is 1. The SMILES string of the molecule is CCOC(=O)CC(B1OC(C)(C)C(C)(C)O1)c1c(F)cccc1F. The fourth-order valence-electron chi connectivity index (χ4n) is 2.65. The second-order valence-corrected chi connectivity index (χ2v) is 6.88. The molecule has 0 bridgehead atoms. The first kappa shape index (κ1) is 18.9. The Labute approximate surface area is 141 Å². The molecule has 1 heterocycles. The molecule has 1 fully saturated rings. The van der Waals surface area contributed by atoms with Crippen LogP contribution in [0.4, 0.5) is 8.78 Å². The molecule has 0 N–H and O–H groups in total. The summed E-state index contributed by atoms with van der Waals surface area (Å²) in [6.45, 7) is 9.22. The lowest BCUT2D eigenvalue weighted by molar-refractivity contribution is -0.143. The maximum absolute atomic E-state index is 14.3. The number of halogens is 2. The van der Waals surface area contributed by atoms with Crippen LogP contribution in [0.2, 0.25) is 0 Å². The molecule has 1 aliphatic rings. The van der Waals surface area contributed by atoms with E-state index in [1.807, 2.05) is 27.7 Å². The van der Waals surface area contributed by atoms with Crippen LogP contribution < -0.4 is 0 Å². The quantitative estimate of drug-likeness (QED) is 0.607. The minimum atomic E-state index is -0.953. The lowest BCUT2D eigenvalue weighted by atomic mass is 9.66. The standard InChI is InChI=1S/C17H23BF2O4/c1-6-22-14(21)10-11(15-12(19)8-7-9-13(15)20)18-23-16(2,3)17(4,5)24-18/h7-9,11H,6,10H2,1-5H3. The van der Waals surface area contributed by atoms with Crippen molar-refractivity contribution < 1.29 is 27.6 Å². The molecule has 1 aliphatic heterocycles. The number of hydrogen-bond donors (Lipinski definition) is 0. The van der Waals surface area contributed by atoms with E-state index in [0.717, 1.165) is 12.1 Å². The Morgan fingerprint density at radius 2 is 1.67 bits per heavy atom. The molecule has 7 heteroatoms. The van der Waals surface area contributed by atoms with Gasteiger partial charge in [0.2, 0.25) is 0 Å². The Hall–Kier alpha value is -1.47. The zero-order chi connectivity index (χ0) is 18.1. The average molecular weight is 340 g/mol. The topological polar surface area (TPSA) is 44.8 Å². The van der Waals surface area contributed by atoms with Crippen molar-refractivity contribution in [1.82, 2.24) is 0 Å². The lowest BCUT2D eigenvalue weighted by Gasteiger charge is -2.32. The van der Waals surface area contributed by atoms with Crippen LogP contribution in [0.15, 0.2) is 18.2 Å². The van der Waals surface area contributed by atoms with Crippen molar-refractivity contribution >= 4 is 13.1 Å². The molecule has 1 unspecified atom stereocenters. The summed E-state index contributed by atoms with van der Waals surface area (Å²) in [6, 6.07) is 3.59. The van der Waals surface area contributed by atoms with Crippen molar-refractivity contribution in [2.75, 3.05) is 6.61 Å². The molecule has 1 atom stereocenters. The van der Waals surface area contributed by atoms with E-state index in [1.54, 1.807) is 6.92 Å². The Morgan fingerprint density at radius 3 is 2.12 bits per heavy atom. The predicted molar refractivity (Wildman–Crippen MR) is 86.4 cm³/mol. The fourth-order valence-corrected chi connectivity index (χ4v) is 2.65. The Balaban J connectivity index is 2.40. The predicted octanol–water partition coefficient (Wildman–Crippen LogP) is 3.63. The highest BCUT2D eigenvalue weighted by atomic mass is 19.1. The van der Waals surface area contributed by atoms with E-state index in [2.05, 4.69) is 0 Å². The summed E-state index contributed by atoms with van der Waals surface area (Å²) in [7, 11) is -0.953. The van der Waals surface area contributed by atoms with Crippen molar-refractivity contribution in [3.8, 4) is 0 Å². The lowest BCUT2D eigenvalue weighted by Crippen LogP contribution is -2.41. The number of benzene rings is 1. The van der Waals surface area contributed by atoms with Gasteiger partial charge < -0.3 is 14.0 Å². The molecule has 0 amide bonds. The van der Waals surface area contributed by atoms with Gasteiger partial charge in [0.15, 0.2) is 0 Å². The van der Waals surface area contributed by atoms with Crippen molar-refractivity contribution in [3.63, 3.8) is 0 Å². The first-order valence-electron chi connectivity index (χ1n) is 8.04. The molecule has 1 saturated heterocycles. The van der Waals surface area contributed by atoms with Gasteiger partial charge in [-0.25, -0.2) is 8.78 Å². The second-order valence-electron chi connectivity index (χ2n) is 6.88. The number of rotatable bonds is 5. The van der Waals surface area contributed by atoms with Gasteiger partial charge in [0, 0.05) is 11.4 Å². The first-order valence-corrected chi connectivity index (χ1v) is 8.04. The van der Waals surface area contributed by atoms with Crippen molar-refractivity contribution in [2.45, 2.75) is 58.1 Å². The molecule has 1 aromatic rings. The van der Waals surface area contributed by atoms with Gasteiger partial charge in [0.05, 0.1) is 24.2 Å². The van der Waals surface area contributed by atoms with Crippen LogP contribution in [-0.4, -0.2) is 30.9 Å². The van der Waals surface area contributed by atoms with Gasteiger partial charge in [0.25, 0.3) is 0 Å². The van der Waals surface area contributed by atoms with Crippen LogP contribution in [0.1, 0.15) is 52.4 Å². The molecule has 2 rings (SSSR count). The van der Waals surface area contributed by atoms with E-state index in [9.17, 15) is 13.6 Å². The zero-order valence-electron chi connectivity index (χ0n) is 14.7. The van der Waals surface area contributed by atoms with E-state index >= 15 is 0 Å². The molecular formula is C17H23BF2O4. The number of esters is 1. The monoisotopic (exact) mass is 340 g/mol. The Kier molecular flexibility index (Phi) is 5.35. The zero-order valence-corrected chi connectivity index (χ0v) is 14.7. The smallest absolute Gasteiger partial charge is 0.466 e. The van der Waals surface area contributed by atoms with Crippen LogP contribution in [0, 0.1) is 11.6 Å². The van der Waals surface area contributed by atoms with Gasteiger partial charge in [-0.3, -0.25) is 4.79 Å². The third-order valence-corrected chi connectivity index (χ3v) is 4.66. The number of hydrogen-bond acceptors (Lipinski definition) is 4. The van der Waals surface area contributed by atoms with Crippen molar-refractivity contribution in [1.29, 1.82) is 0 Å². The summed E-state index contributed by atoms with van der Waals surface area (Å²) < 4.78 is 45.3. The molecule has 0 aliphatic carbocycles. The van der Waals surface area contributed by atoms with Crippen LogP contribution in [0.25, 0.3) is 0 Å². The maximum atomic E-state index is 14.3. The Bertz CT molecular complexity index is 582. The molecule has 0 aromatic heterocycles. The summed E-state index contributed by atoms with van der Waals surface area (Å²) in [5.41, 5.74) is -1.57.